The highest BCUT2D eigenvalue weighted by Gasteiger charge is 2.23. The van der Waals surface area contributed by atoms with Gasteiger partial charge in [0.1, 0.15) is 24.1 Å². The molecule has 1 fully saturated rings. The minimum Gasteiger partial charge on any atom is -0.476 e. The van der Waals surface area contributed by atoms with E-state index in [1.807, 2.05) is 34.3 Å². The number of halogens is 1. The number of nitrogens with zero attached hydrogens (tertiary/aromatic N) is 10. The van der Waals surface area contributed by atoms with E-state index in [-0.39, 0.29) is 17.9 Å². The fourth-order valence-electron chi connectivity index (χ4n) is 5.10. The van der Waals surface area contributed by atoms with Crippen LogP contribution in [0.25, 0.3) is 5.78 Å². The summed E-state index contributed by atoms with van der Waals surface area (Å²) in [7, 11) is 0. The molecule has 4 aromatic heterocycles. The fourth-order valence-corrected chi connectivity index (χ4v) is 5.10. The summed E-state index contributed by atoms with van der Waals surface area (Å²) in [5.74, 6) is 0.820. The average molecular weight is 585 g/mol. The highest BCUT2D eigenvalue weighted by Crippen LogP contribution is 2.21. The monoisotopic (exact) mass is 584 g/mol. The number of fused-ring (bicyclic) bond motifs is 1. The van der Waals surface area contributed by atoms with Crippen molar-refractivity contribution in [2.24, 2.45) is 0 Å². The van der Waals surface area contributed by atoms with E-state index in [1.54, 1.807) is 30.7 Å². The number of hydrogen-bond donors (Lipinski definition) is 1. The molecular formula is C29H29FN10O3. The van der Waals surface area contributed by atoms with E-state index in [2.05, 4.69) is 24.8 Å². The van der Waals surface area contributed by atoms with Crippen molar-refractivity contribution >= 4 is 17.6 Å². The lowest BCUT2D eigenvalue weighted by molar-refractivity contribution is 0.0691. The van der Waals surface area contributed by atoms with Crippen LogP contribution in [0.3, 0.4) is 0 Å². The second-order valence-corrected chi connectivity index (χ2v) is 10.2. The van der Waals surface area contributed by atoms with E-state index in [0.717, 1.165) is 50.1 Å². The molecule has 0 amide bonds. The van der Waals surface area contributed by atoms with Crippen LogP contribution in [-0.2, 0) is 26.2 Å². The average Bonchev–Trinajstić information content (AvgIpc) is 3.73. The van der Waals surface area contributed by atoms with Crippen molar-refractivity contribution in [3.63, 3.8) is 0 Å². The largest absolute Gasteiger partial charge is 0.476 e. The molecule has 0 unspecified atom stereocenters. The number of nitriles is 1. The van der Waals surface area contributed by atoms with Crippen LogP contribution >= 0.6 is 0 Å². The van der Waals surface area contributed by atoms with Gasteiger partial charge in [-0.1, -0.05) is 12.1 Å². The van der Waals surface area contributed by atoms with Gasteiger partial charge in [0.25, 0.3) is 0 Å². The van der Waals surface area contributed by atoms with Crippen LogP contribution in [0.1, 0.15) is 40.1 Å². The lowest BCUT2D eigenvalue weighted by Gasteiger charge is -2.35. The predicted octanol–water partition coefficient (Wildman–Crippen LogP) is 2.80. The molecule has 1 N–H and O–H groups in total. The van der Waals surface area contributed by atoms with Crippen LogP contribution in [0.4, 0.5) is 10.2 Å². The van der Waals surface area contributed by atoms with Gasteiger partial charge in [0.2, 0.25) is 11.7 Å². The standard InChI is InChI=1S/C29H29FN10O3/c1-2-37-19-32-14-22(37)15-39-26(35-40-16-24(28(41)42)33-29(39)40)17-36-8-10-38(11-9-36)25-4-3-5-27(34-25)43-18-21-7-6-20(13-31)12-23(21)30/h3-7,12,14,16,19H,2,8-11,15,17-18H2,1H3,(H,41,42). The van der Waals surface area contributed by atoms with Crippen molar-refractivity contribution in [2.75, 3.05) is 31.1 Å². The first kappa shape index (κ1) is 27.9. The summed E-state index contributed by atoms with van der Waals surface area (Å²) in [6.07, 6.45) is 5.01. The Labute approximate surface area is 246 Å². The number of imidazole rings is 2. The van der Waals surface area contributed by atoms with Crippen molar-refractivity contribution in [2.45, 2.75) is 33.2 Å². The molecule has 43 heavy (non-hydrogen) atoms. The molecule has 14 heteroatoms. The number of aromatic carboxylic acids is 1. The predicted molar refractivity (Wildman–Crippen MR) is 152 cm³/mol. The third-order valence-electron chi connectivity index (χ3n) is 7.45. The van der Waals surface area contributed by atoms with Crippen molar-refractivity contribution in [1.29, 1.82) is 5.26 Å². The maximum atomic E-state index is 14.2. The van der Waals surface area contributed by atoms with Crippen molar-refractivity contribution in [1.82, 2.24) is 38.6 Å². The van der Waals surface area contributed by atoms with Gasteiger partial charge in [-0.05, 0) is 25.1 Å². The number of carboxylic acids is 1. The highest BCUT2D eigenvalue weighted by atomic mass is 19.1. The van der Waals surface area contributed by atoms with Crippen LogP contribution < -0.4 is 9.64 Å². The Bertz CT molecular complexity index is 1810. The number of carboxylic acid groups (broad SMARTS) is 1. The molecule has 0 atom stereocenters. The number of benzene rings is 1. The minimum atomic E-state index is -1.10. The van der Waals surface area contributed by atoms with Gasteiger partial charge in [-0.15, -0.1) is 0 Å². The van der Waals surface area contributed by atoms with Crippen molar-refractivity contribution in [3.8, 4) is 11.9 Å². The van der Waals surface area contributed by atoms with E-state index in [0.29, 0.717) is 30.3 Å². The van der Waals surface area contributed by atoms with Crippen molar-refractivity contribution < 1.29 is 19.0 Å². The number of rotatable bonds is 10. The summed E-state index contributed by atoms with van der Waals surface area (Å²) in [6, 6.07) is 11.7. The van der Waals surface area contributed by atoms with Gasteiger partial charge in [-0.2, -0.15) is 15.3 Å². The normalized spacial score (nSPS) is 13.8. The molecule has 1 aliphatic heterocycles. The Kier molecular flexibility index (Phi) is 7.71. The second-order valence-electron chi connectivity index (χ2n) is 10.2. The summed E-state index contributed by atoms with van der Waals surface area (Å²) >= 11 is 0. The second kappa shape index (κ2) is 11.9. The molecule has 1 saturated heterocycles. The number of piperazine rings is 1. The maximum Gasteiger partial charge on any atom is 0.356 e. The molecule has 0 aliphatic carbocycles. The van der Waals surface area contributed by atoms with Crippen LogP contribution in [0, 0.1) is 17.1 Å². The number of anilines is 1. The zero-order valence-electron chi connectivity index (χ0n) is 23.5. The molecule has 5 aromatic rings. The van der Waals surface area contributed by atoms with Crippen LogP contribution in [0.15, 0.2) is 55.1 Å². The van der Waals surface area contributed by atoms with Gasteiger partial charge >= 0.3 is 5.97 Å². The first-order chi connectivity index (χ1) is 20.9. The highest BCUT2D eigenvalue weighted by molar-refractivity contribution is 5.85. The third kappa shape index (κ3) is 5.88. The number of aryl methyl sites for hydroxylation is 1. The van der Waals surface area contributed by atoms with E-state index >= 15 is 0 Å². The first-order valence-corrected chi connectivity index (χ1v) is 13.8. The zero-order valence-corrected chi connectivity index (χ0v) is 23.5. The van der Waals surface area contributed by atoms with Gasteiger partial charge in [0.05, 0.1) is 42.9 Å². The SMILES string of the molecule is CCn1cncc1Cn1c(CN2CCN(c3cccc(OCc4ccc(C#N)cc4F)n3)CC2)nn2cc(C(=O)O)nc12. The van der Waals surface area contributed by atoms with Crippen LogP contribution in [0.5, 0.6) is 5.88 Å². The summed E-state index contributed by atoms with van der Waals surface area (Å²) in [5.41, 5.74) is 1.53. The number of aromatic nitrogens is 7. The Balaban J connectivity index is 1.12. The third-order valence-corrected chi connectivity index (χ3v) is 7.45. The van der Waals surface area contributed by atoms with E-state index < -0.39 is 11.8 Å². The summed E-state index contributed by atoms with van der Waals surface area (Å²) < 4.78 is 25.5. The quantitative estimate of drug-likeness (QED) is 0.260. The minimum absolute atomic E-state index is 0.00485. The summed E-state index contributed by atoms with van der Waals surface area (Å²) in [4.78, 5) is 29.2. The Hall–Kier alpha value is -5.29. The maximum absolute atomic E-state index is 14.2. The van der Waals surface area contributed by atoms with E-state index in [4.69, 9.17) is 15.1 Å². The Morgan fingerprint density at radius 1 is 1.14 bits per heavy atom. The molecule has 5 heterocycles. The van der Waals surface area contributed by atoms with Gasteiger partial charge in [-0.3, -0.25) is 9.47 Å². The van der Waals surface area contributed by atoms with Gasteiger partial charge in [-0.25, -0.2) is 23.7 Å². The van der Waals surface area contributed by atoms with Crippen LogP contribution in [0.2, 0.25) is 0 Å². The first-order valence-electron chi connectivity index (χ1n) is 13.8. The topological polar surface area (TPSA) is 143 Å². The number of carbonyl (C=O) groups is 1. The Morgan fingerprint density at radius 3 is 2.72 bits per heavy atom. The van der Waals surface area contributed by atoms with Crippen LogP contribution in [-0.4, -0.2) is 75.9 Å². The summed E-state index contributed by atoms with van der Waals surface area (Å²) in [5, 5.41) is 23.1. The molecule has 13 nitrogen and oxygen atoms in total. The number of hydrogen-bond acceptors (Lipinski definition) is 9. The molecule has 6 rings (SSSR count). The number of ether oxygens (including phenoxy) is 1. The molecule has 1 aromatic carbocycles. The lowest BCUT2D eigenvalue weighted by atomic mass is 10.1. The molecule has 0 bridgehead atoms. The van der Waals surface area contributed by atoms with Gasteiger partial charge in [0, 0.05) is 50.6 Å². The van der Waals surface area contributed by atoms with E-state index in [9.17, 15) is 14.3 Å². The Morgan fingerprint density at radius 2 is 1.98 bits per heavy atom. The molecule has 0 saturated carbocycles. The van der Waals surface area contributed by atoms with Crippen molar-refractivity contribution in [3.05, 3.63) is 89.3 Å². The van der Waals surface area contributed by atoms with E-state index in [1.165, 1.54) is 16.8 Å². The molecule has 1 aliphatic rings. The molecular weight excluding hydrogens is 555 g/mol. The van der Waals surface area contributed by atoms with Gasteiger partial charge < -0.3 is 19.3 Å². The van der Waals surface area contributed by atoms with Gasteiger partial charge in [0.15, 0.2) is 5.69 Å². The fraction of sp³-hybridized carbons (Fsp3) is 0.310. The zero-order chi connectivity index (χ0) is 29.9. The lowest BCUT2D eigenvalue weighted by Crippen LogP contribution is -2.46. The molecule has 220 valence electrons. The molecule has 0 radical (unpaired) electrons. The number of pyridine rings is 1. The summed E-state index contributed by atoms with van der Waals surface area (Å²) in [6.45, 7) is 6.80. The molecule has 0 spiro atoms. The smallest absolute Gasteiger partial charge is 0.356 e.